The number of carbonyl (C=O) groups excluding carboxylic acids is 1. The Balaban J connectivity index is 1.89. The molecule has 0 aromatic heterocycles. The fourth-order valence-electron chi connectivity index (χ4n) is 1.44. The van der Waals surface area contributed by atoms with Crippen molar-refractivity contribution in [3.63, 3.8) is 0 Å². The Bertz CT molecular complexity index is 630. The average Bonchev–Trinajstić information content (AvgIpc) is 2.44. The predicted molar refractivity (Wildman–Crippen MR) is 82.7 cm³/mol. The predicted octanol–water partition coefficient (Wildman–Crippen LogP) is 4.15. The minimum atomic E-state index is -0.424. The number of amides is 2. The molecule has 2 aromatic rings. The number of hydrogen-bond donors (Lipinski definition) is 2. The van der Waals surface area contributed by atoms with Crippen LogP contribution in [-0.2, 0) is 0 Å². The number of urea groups is 1. The van der Waals surface area contributed by atoms with Crippen LogP contribution in [0.4, 0.5) is 10.5 Å². The summed E-state index contributed by atoms with van der Waals surface area (Å²) >= 11 is 11.7. The highest BCUT2D eigenvalue weighted by Gasteiger charge is 1.99. The van der Waals surface area contributed by atoms with Gasteiger partial charge in [0.1, 0.15) is 0 Å². The third kappa shape index (κ3) is 4.26. The van der Waals surface area contributed by atoms with Crippen molar-refractivity contribution < 1.29 is 4.79 Å². The zero-order chi connectivity index (χ0) is 14.4. The molecular formula is C14H11Cl2N3O. The van der Waals surface area contributed by atoms with Gasteiger partial charge in [-0.3, -0.25) is 0 Å². The zero-order valence-corrected chi connectivity index (χ0v) is 11.8. The van der Waals surface area contributed by atoms with Gasteiger partial charge in [0.25, 0.3) is 0 Å². The molecule has 0 unspecified atom stereocenters. The Morgan fingerprint density at radius 1 is 1.05 bits per heavy atom. The number of nitrogens with one attached hydrogen (secondary N) is 2. The Hall–Kier alpha value is -2.04. The second-order valence-corrected chi connectivity index (χ2v) is 4.68. The van der Waals surface area contributed by atoms with E-state index < -0.39 is 6.03 Å². The van der Waals surface area contributed by atoms with Crippen molar-refractivity contribution in [1.29, 1.82) is 0 Å². The Kier molecular flexibility index (Phi) is 4.98. The third-order valence-corrected chi connectivity index (χ3v) is 3.09. The van der Waals surface area contributed by atoms with E-state index in [2.05, 4.69) is 15.8 Å². The molecule has 102 valence electrons. The van der Waals surface area contributed by atoms with Crippen LogP contribution in [0.25, 0.3) is 0 Å². The zero-order valence-electron chi connectivity index (χ0n) is 10.3. The molecule has 0 spiro atoms. The first-order valence-corrected chi connectivity index (χ1v) is 6.51. The van der Waals surface area contributed by atoms with Crippen molar-refractivity contribution in [2.75, 3.05) is 5.32 Å². The number of nitrogens with zero attached hydrogens (tertiary/aromatic N) is 1. The SMILES string of the molecule is O=C(N/N=C/c1ccc(Cl)c(Cl)c1)Nc1ccccc1. The van der Waals surface area contributed by atoms with E-state index in [1.807, 2.05) is 18.2 Å². The lowest BCUT2D eigenvalue weighted by Gasteiger charge is -2.03. The van der Waals surface area contributed by atoms with Gasteiger partial charge in [-0.15, -0.1) is 0 Å². The third-order valence-electron chi connectivity index (χ3n) is 2.36. The number of anilines is 1. The number of hydrazone groups is 1. The van der Waals surface area contributed by atoms with Crippen LogP contribution in [0.2, 0.25) is 10.0 Å². The van der Waals surface area contributed by atoms with Crippen LogP contribution in [0, 0.1) is 0 Å². The van der Waals surface area contributed by atoms with Gasteiger partial charge in [0.05, 0.1) is 16.3 Å². The van der Waals surface area contributed by atoms with Gasteiger partial charge < -0.3 is 5.32 Å². The summed E-state index contributed by atoms with van der Waals surface area (Å²) in [6.07, 6.45) is 1.48. The number of rotatable bonds is 3. The highest BCUT2D eigenvalue weighted by Crippen LogP contribution is 2.21. The van der Waals surface area contributed by atoms with Gasteiger partial charge >= 0.3 is 6.03 Å². The fourth-order valence-corrected chi connectivity index (χ4v) is 1.75. The standard InChI is InChI=1S/C14H11Cl2N3O/c15-12-7-6-10(8-13(12)16)9-17-19-14(20)18-11-4-2-1-3-5-11/h1-9H,(H2,18,19,20)/b17-9+. The molecule has 0 saturated carbocycles. The molecular weight excluding hydrogens is 297 g/mol. The Morgan fingerprint density at radius 2 is 1.80 bits per heavy atom. The summed E-state index contributed by atoms with van der Waals surface area (Å²) < 4.78 is 0. The van der Waals surface area contributed by atoms with E-state index in [9.17, 15) is 4.79 Å². The maximum atomic E-state index is 11.5. The molecule has 2 aromatic carbocycles. The lowest BCUT2D eigenvalue weighted by atomic mass is 10.2. The van der Waals surface area contributed by atoms with E-state index in [0.717, 1.165) is 5.56 Å². The van der Waals surface area contributed by atoms with Crippen molar-refractivity contribution in [3.05, 3.63) is 64.1 Å². The molecule has 0 heterocycles. The lowest BCUT2D eigenvalue weighted by molar-refractivity contribution is 0.252. The molecule has 4 nitrogen and oxygen atoms in total. The van der Waals surface area contributed by atoms with Crippen LogP contribution in [-0.4, -0.2) is 12.2 Å². The van der Waals surface area contributed by atoms with E-state index in [-0.39, 0.29) is 0 Å². The summed E-state index contributed by atoms with van der Waals surface area (Å²) in [5.74, 6) is 0. The van der Waals surface area contributed by atoms with Gasteiger partial charge in [-0.05, 0) is 29.8 Å². The second-order valence-electron chi connectivity index (χ2n) is 3.86. The van der Waals surface area contributed by atoms with Gasteiger partial charge in [-0.25, -0.2) is 10.2 Å². The van der Waals surface area contributed by atoms with Crippen molar-refractivity contribution in [2.24, 2.45) is 5.10 Å². The Morgan fingerprint density at radius 3 is 2.50 bits per heavy atom. The lowest BCUT2D eigenvalue weighted by Crippen LogP contribution is -2.24. The number of para-hydroxylation sites is 1. The van der Waals surface area contributed by atoms with Crippen LogP contribution in [0.5, 0.6) is 0 Å². The maximum absolute atomic E-state index is 11.5. The van der Waals surface area contributed by atoms with Crippen LogP contribution in [0.3, 0.4) is 0 Å². The topological polar surface area (TPSA) is 53.5 Å². The van der Waals surface area contributed by atoms with Gasteiger partial charge in [-0.2, -0.15) is 5.10 Å². The first-order valence-electron chi connectivity index (χ1n) is 5.75. The number of benzene rings is 2. The molecule has 0 aliphatic carbocycles. The molecule has 0 bridgehead atoms. The van der Waals surface area contributed by atoms with E-state index in [1.165, 1.54) is 6.21 Å². The normalized spacial score (nSPS) is 10.5. The first kappa shape index (κ1) is 14.4. The van der Waals surface area contributed by atoms with Crippen LogP contribution in [0.15, 0.2) is 53.6 Å². The van der Waals surface area contributed by atoms with Gasteiger partial charge in [-0.1, -0.05) is 47.5 Å². The molecule has 0 saturated heterocycles. The molecule has 2 rings (SSSR count). The summed E-state index contributed by atoms with van der Waals surface area (Å²) in [7, 11) is 0. The van der Waals surface area contributed by atoms with Crippen molar-refractivity contribution in [2.45, 2.75) is 0 Å². The van der Waals surface area contributed by atoms with Crippen LogP contribution < -0.4 is 10.7 Å². The maximum Gasteiger partial charge on any atom is 0.339 e. The summed E-state index contributed by atoms with van der Waals surface area (Å²) in [5.41, 5.74) is 3.78. The fraction of sp³-hybridized carbons (Fsp3) is 0. The monoisotopic (exact) mass is 307 g/mol. The molecule has 2 N–H and O–H groups in total. The van der Waals surface area contributed by atoms with Crippen LogP contribution in [0.1, 0.15) is 5.56 Å². The van der Waals surface area contributed by atoms with Crippen LogP contribution >= 0.6 is 23.2 Å². The van der Waals surface area contributed by atoms with Crippen molar-refractivity contribution in [1.82, 2.24) is 5.43 Å². The number of carbonyl (C=O) groups is 1. The molecule has 0 aliphatic heterocycles. The van der Waals surface area contributed by atoms with Gasteiger partial charge in [0, 0.05) is 5.69 Å². The van der Waals surface area contributed by atoms with Crippen molar-refractivity contribution >= 4 is 41.1 Å². The molecule has 0 atom stereocenters. The highest BCUT2D eigenvalue weighted by atomic mass is 35.5. The molecule has 0 radical (unpaired) electrons. The molecule has 6 heteroatoms. The van der Waals surface area contributed by atoms with E-state index in [1.54, 1.807) is 30.3 Å². The minimum absolute atomic E-state index is 0.424. The average molecular weight is 308 g/mol. The molecule has 0 aliphatic rings. The minimum Gasteiger partial charge on any atom is -0.307 e. The summed E-state index contributed by atoms with van der Waals surface area (Å²) in [6, 6.07) is 13.7. The van der Waals surface area contributed by atoms with Crippen molar-refractivity contribution in [3.8, 4) is 0 Å². The summed E-state index contributed by atoms with van der Waals surface area (Å²) in [6.45, 7) is 0. The second kappa shape index (κ2) is 6.93. The smallest absolute Gasteiger partial charge is 0.307 e. The largest absolute Gasteiger partial charge is 0.339 e. The quantitative estimate of drug-likeness (QED) is 0.649. The molecule has 20 heavy (non-hydrogen) atoms. The van der Waals surface area contributed by atoms with Gasteiger partial charge in [0.2, 0.25) is 0 Å². The first-order chi connectivity index (χ1) is 9.65. The van der Waals surface area contributed by atoms with E-state index >= 15 is 0 Å². The molecule has 2 amide bonds. The Labute approximate surface area is 126 Å². The summed E-state index contributed by atoms with van der Waals surface area (Å²) in [4.78, 5) is 11.5. The van der Waals surface area contributed by atoms with Gasteiger partial charge in [0.15, 0.2) is 0 Å². The highest BCUT2D eigenvalue weighted by molar-refractivity contribution is 6.42. The van der Waals surface area contributed by atoms with E-state index in [4.69, 9.17) is 23.2 Å². The number of hydrogen-bond acceptors (Lipinski definition) is 2. The summed E-state index contributed by atoms with van der Waals surface area (Å²) in [5, 5.41) is 7.36. The number of halogens is 2. The molecule has 0 fully saturated rings. The van der Waals surface area contributed by atoms with E-state index in [0.29, 0.717) is 15.7 Å².